The van der Waals surface area contributed by atoms with Gasteiger partial charge in [-0.1, -0.05) is 19.8 Å². The molecule has 0 N–H and O–H groups in total. The van der Waals surface area contributed by atoms with Crippen LogP contribution in [0, 0.1) is 34.5 Å². The van der Waals surface area contributed by atoms with Gasteiger partial charge < -0.3 is 0 Å². The minimum atomic E-state index is -0.343. The van der Waals surface area contributed by atoms with Gasteiger partial charge in [0, 0.05) is 6.42 Å². The van der Waals surface area contributed by atoms with Gasteiger partial charge in [0.2, 0.25) is 0 Å². The van der Waals surface area contributed by atoms with Crippen LogP contribution < -0.4 is 0 Å². The molecule has 7 atom stereocenters. The van der Waals surface area contributed by atoms with E-state index in [0.717, 1.165) is 25.2 Å². The van der Waals surface area contributed by atoms with Crippen LogP contribution in [0.25, 0.3) is 0 Å². The third-order valence-electron chi connectivity index (χ3n) is 8.78. The van der Waals surface area contributed by atoms with E-state index >= 15 is 0 Å². The van der Waals surface area contributed by atoms with Gasteiger partial charge >= 0.3 is 0 Å². The van der Waals surface area contributed by atoms with Crippen molar-refractivity contribution in [2.45, 2.75) is 104 Å². The summed E-state index contributed by atoms with van der Waals surface area (Å²) in [7, 11) is 0. The first kappa shape index (κ1) is 18.9. The van der Waals surface area contributed by atoms with Crippen molar-refractivity contribution >= 4 is 5.78 Å². The van der Waals surface area contributed by atoms with Crippen molar-refractivity contribution in [3.05, 3.63) is 0 Å². The molecule has 0 aromatic rings. The van der Waals surface area contributed by atoms with Gasteiger partial charge in [-0.05, 0) is 95.3 Å². The van der Waals surface area contributed by atoms with Gasteiger partial charge in [0.1, 0.15) is 11.9 Å². The summed E-state index contributed by atoms with van der Waals surface area (Å²) >= 11 is 0. The first-order chi connectivity index (χ1) is 12.2. The Morgan fingerprint density at radius 3 is 2.50 bits per heavy atom. The molecule has 4 aliphatic rings. The van der Waals surface area contributed by atoms with Crippen molar-refractivity contribution in [3.8, 4) is 0 Å². The molecule has 0 heterocycles. The topological polar surface area (TPSA) is 35.5 Å². The zero-order valence-corrected chi connectivity index (χ0v) is 17.5. The first-order valence-electron chi connectivity index (χ1n) is 11.0. The number of Topliss-reactive ketones (excluding diaryl/α,β-unsaturated/α-hetero) is 1. The van der Waals surface area contributed by atoms with E-state index in [1.165, 1.54) is 38.5 Å². The number of rotatable bonds is 2. The first-order valence-corrected chi connectivity index (χ1v) is 11.0. The Balaban J connectivity index is 1.65. The molecular weight excluding hydrogens is 324 g/mol. The Hall–Kier alpha value is -0.410. The van der Waals surface area contributed by atoms with E-state index in [-0.39, 0.29) is 17.1 Å². The molecule has 0 aliphatic heterocycles. The summed E-state index contributed by atoms with van der Waals surface area (Å²) in [5, 5.41) is 0. The Bertz CT molecular complexity index is 564. The number of carbonyl (C=O) groups is 1. The minimum Gasteiger partial charge on any atom is -0.299 e. The molecule has 3 nitrogen and oxygen atoms in total. The van der Waals surface area contributed by atoms with Gasteiger partial charge in [-0.3, -0.25) is 4.79 Å². The summed E-state index contributed by atoms with van der Waals surface area (Å²) in [6.07, 6.45) is 11.0. The molecule has 0 saturated heterocycles. The predicted molar refractivity (Wildman–Crippen MR) is 102 cm³/mol. The average molecular weight is 363 g/mol. The lowest BCUT2D eigenvalue weighted by atomic mass is 9.45. The Morgan fingerprint density at radius 1 is 1.00 bits per heavy atom. The van der Waals surface area contributed by atoms with E-state index in [1.54, 1.807) is 0 Å². The van der Waals surface area contributed by atoms with Gasteiger partial charge in [-0.15, -0.1) is 0 Å². The number of fused-ring (bicyclic) bond motifs is 5. The second-order valence-corrected chi connectivity index (χ2v) is 11.2. The van der Waals surface area contributed by atoms with Crippen LogP contribution in [0.5, 0.6) is 0 Å². The fraction of sp³-hybridized carbons (Fsp3) is 0.957. The molecule has 26 heavy (non-hydrogen) atoms. The molecule has 0 aromatic carbocycles. The Morgan fingerprint density at radius 2 is 1.77 bits per heavy atom. The number of hydrogen-bond acceptors (Lipinski definition) is 3. The molecule has 0 aromatic heterocycles. The summed E-state index contributed by atoms with van der Waals surface area (Å²) in [4.78, 5) is 24.8. The monoisotopic (exact) mass is 362 g/mol. The van der Waals surface area contributed by atoms with Crippen LogP contribution in [0.15, 0.2) is 0 Å². The van der Waals surface area contributed by atoms with Crippen LogP contribution >= 0.6 is 0 Å². The maximum atomic E-state index is 13.0. The van der Waals surface area contributed by atoms with Gasteiger partial charge in [-0.25, -0.2) is 9.78 Å². The van der Waals surface area contributed by atoms with Crippen LogP contribution in [0.1, 0.15) is 92.4 Å². The molecular formula is C23H38O3. The molecule has 0 radical (unpaired) electrons. The molecule has 0 spiro atoms. The summed E-state index contributed by atoms with van der Waals surface area (Å²) < 4.78 is 0. The third-order valence-corrected chi connectivity index (χ3v) is 8.78. The maximum Gasteiger partial charge on any atom is 0.141 e. The van der Waals surface area contributed by atoms with Crippen molar-refractivity contribution < 1.29 is 14.6 Å². The average Bonchev–Trinajstić information content (AvgIpc) is 2.88. The fourth-order valence-corrected chi connectivity index (χ4v) is 7.36. The van der Waals surface area contributed by atoms with Gasteiger partial charge in [0.05, 0.1) is 11.0 Å². The molecule has 4 rings (SSSR count). The zero-order chi connectivity index (χ0) is 18.7. The highest BCUT2D eigenvalue weighted by molar-refractivity contribution is 5.87. The highest BCUT2D eigenvalue weighted by Gasteiger charge is 2.64. The van der Waals surface area contributed by atoms with Crippen molar-refractivity contribution in [1.82, 2.24) is 0 Å². The van der Waals surface area contributed by atoms with Gasteiger partial charge in [0.25, 0.3) is 0 Å². The van der Waals surface area contributed by atoms with Crippen LogP contribution in [-0.4, -0.2) is 17.5 Å². The van der Waals surface area contributed by atoms with E-state index in [1.807, 2.05) is 20.8 Å². The number of ketones is 1. The van der Waals surface area contributed by atoms with Crippen LogP contribution in [0.3, 0.4) is 0 Å². The molecule has 0 bridgehead atoms. The number of carbonyl (C=O) groups excluding carboxylic acids is 1. The lowest BCUT2D eigenvalue weighted by Crippen LogP contribution is -2.58. The van der Waals surface area contributed by atoms with Gasteiger partial charge in [-0.2, -0.15) is 0 Å². The Labute approximate surface area is 159 Å². The minimum absolute atomic E-state index is 0.0829. The smallest absolute Gasteiger partial charge is 0.141 e. The van der Waals surface area contributed by atoms with Crippen molar-refractivity contribution in [1.29, 1.82) is 0 Å². The third kappa shape index (κ3) is 2.80. The molecule has 4 fully saturated rings. The summed E-state index contributed by atoms with van der Waals surface area (Å²) in [5.74, 6) is 3.18. The molecule has 4 aliphatic carbocycles. The standard InChI is InChI=1S/C23H38O3/c1-21(2,3)26-25-20-14-18-16(17-11-12-19(24)23(17,20)5)10-9-15-8-6-7-13-22(15,18)4/h15-18,20H,6-14H2,1-5H3. The lowest BCUT2D eigenvalue weighted by molar-refractivity contribution is -0.397. The molecule has 3 heteroatoms. The van der Waals surface area contributed by atoms with Crippen LogP contribution in [0.2, 0.25) is 0 Å². The predicted octanol–water partition coefficient (Wildman–Crippen LogP) is 5.71. The Kier molecular flexibility index (Phi) is 4.59. The highest BCUT2D eigenvalue weighted by Crippen LogP contribution is 2.65. The van der Waals surface area contributed by atoms with E-state index in [9.17, 15) is 4.79 Å². The second kappa shape index (κ2) is 6.30. The van der Waals surface area contributed by atoms with Crippen molar-refractivity contribution in [3.63, 3.8) is 0 Å². The van der Waals surface area contributed by atoms with Crippen LogP contribution in [-0.2, 0) is 14.6 Å². The van der Waals surface area contributed by atoms with E-state index < -0.39 is 0 Å². The largest absolute Gasteiger partial charge is 0.299 e. The zero-order valence-electron chi connectivity index (χ0n) is 17.5. The van der Waals surface area contributed by atoms with Crippen molar-refractivity contribution in [2.24, 2.45) is 34.5 Å². The molecule has 4 saturated carbocycles. The fourth-order valence-electron chi connectivity index (χ4n) is 7.36. The molecule has 7 unspecified atom stereocenters. The molecule has 0 amide bonds. The van der Waals surface area contributed by atoms with E-state index in [2.05, 4.69) is 13.8 Å². The lowest BCUT2D eigenvalue weighted by Gasteiger charge is -2.61. The summed E-state index contributed by atoms with van der Waals surface area (Å²) in [6.45, 7) is 10.8. The van der Waals surface area contributed by atoms with Crippen molar-refractivity contribution in [2.75, 3.05) is 0 Å². The van der Waals surface area contributed by atoms with E-state index in [4.69, 9.17) is 9.78 Å². The summed E-state index contributed by atoms with van der Waals surface area (Å²) in [6, 6.07) is 0. The normalized spacial score (nSPS) is 48.7. The SMILES string of the molecule is CC(C)(C)OOC1CC2C(CCC3CCCCC32C)C2CCC(=O)C12C. The quantitative estimate of drug-likeness (QED) is 0.466. The number of hydrogen-bond donors (Lipinski definition) is 0. The maximum absolute atomic E-state index is 13.0. The van der Waals surface area contributed by atoms with E-state index in [0.29, 0.717) is 29.0 Å². The van der Waals surface area contributed by atoms with Crippen LogP contribution in [0.4, 0.5) is 0 Å². The highest BCUT2D eigenvalue weighted by atomic mass is 17.2. The van der Waals surface area contributed by atoms with Gasteiger partial charge in [0.15, 0.2) is 0 Å². The second-order valence-electron chi connectivity index (χ2n) is 11.2. The summed E-state index contributed by atoms with van der Waals surface area (Å²) in [5.41, 5.74) is -0.240. The molecule has 148 valence electrons.